The largest absolute Gasteiger partial charge is 0.454 e. The summed E-state index contributed by atoms with van der Waals surface area (Å²) in [4.78, 5) is 28.1. The zero-order valence-corrected chi connectivity index (χ0v) is 16.9. The van der Waals surface area contributed by atoms with E-state index in [1.807, 2.05) is 0 Å². The van der Waals surface area contributed by atoms with Crippen molar-refractivity contribution in [2.24, 2.45) is 0 Å². The van der Waals surface area contributed by atoms with Gasteiger partial charge in [-0.2, -0.15) is 0 Å². The molecule has 8 heteroatoms. The van der Waals surface area contributed by atoms with Crippen LogP contribution < -0.4 is 19.7 Å². The number of anilines is 1. The van der Waals surface area contributed by atoms with Crippen molar-refractivity contribution in [2.75, 3.05) is 18.2 Å². The first-order valence-corrected chi connectivity index (χ1v) is 9.93. The number of carbonyl (C=O) groups excluding carboxylic acids is 2. The summed E-state index contributed by atoms with van der Waals surface area (Å²) in [6, 6.07) is 20.7. The number of fused-ring (bicyclic) bond motifs is 1. The van der Waals surface area contributed by atoms with Gasteiger partial charge in [0, 0.05) is 11.3 Å². The van der Waals surface area contributed by atoms with Gasteiger partial charge in [0.1, 0.15) is 6.04 Å². The molecule has 3 aromatic carbocycles. The van der Waals surface area contributed by atoms with E-state index in [-0.39, 0.29) is 6.79 Å². The van der Waals surface area contributed by atoms with Crippen LogP contribution in [0.1, 0.15) is 22.0 Å². The lowest BCUT2D eigenvalue weighted by Crippen LogP contribution is -2.45. The van der Waals surface area contributed by atoms with Crippen LogP contribution in [0.4, 0.5) is 14.5 Å². The fraction of sp³-hybridized carbons (Fsp3) is 0.167. The topological polar surface area (TPSA) is 67.9 Å². The Kier molecular flexibility index (Phi) is 6.30. The molecule has 4 rings (SSSR count). The van der Waals surface area contributed by atoms with Crippen molar-refractivity contribution in [3.8, 4) is 11.5 Å². The maximum Gasteiger partial charge on any atom is 0.259 e. The van der Waals surface area contributed by atoms with Gasteiger partial charge >= 0.3 is 0 Å². The predicted molar refractivity (Wildman–Crippen MR) is 114 cm³/mol. The third-order valence-electron chi connectivity index (χ3n) is 4.92. The Bertz CT molecular complexity index is 1090. The van der Waals surface area contributed by atoms with Crippen LogP contribution in [0, 0.1) is 0 Å². The van der Waals surface area contributed by atoms with Crippen LogP contribution in [0.2, 0.25) is 0 Å². The van der Waals surface area contributed by atoms with Crippen LogP contribution in [0.5, 0.6) is 11.5 Å². The maximum atomic E-state index is 13.6. The molecule has 1 heterocycles. The standard InChI is InChI=1S/C24H20F2N2O4/c25-21(26)14-27-23(29)22(17-11-12-19-20(13-17)32-15-31-19)28(18-9-5-2-6-10-18)24(30)16-7-3-1-4-8-16/h1-13,21-22H,14-15H2,(H,27,29). The molecule has 2 amide bonds. The van der Waals surface area contributed by atoms with Crippen LogP contribution in [0.25, 0.3) is 0 Å². The molecule has 1 aliphatic heterocycles. The number of halogens is 2. The van der Waals surface area contributed by atoms with Crippen LogP contribution in [0.3, 0.4) is 0 Å². The first kappa shape index (κ1) is 21.3. The molecule has 0 bridgehead atoms. The van der Waals surface area contributed by atoms with E-state index in [0.717, 1.165) is 0 Å². The highest BCUT2D eigenvalue weighted by Crippen LogP contribution is 2.37. The summed E-state index contributed by atoms with van der Waals surface area (Å²) >= 11 is 0. The Morgan fingerprint density at radius 2 is 1.56 bits per heavy atom. The van der Waals surface area contributed by atoms with Crippen molar-refractivity contribution in [1.29, 1.82) is 0 Å². The molecule has 0 saturated heterocycles. The monoisotopic (exact) mass is 438 g/mol. The smallest absolute Gasteiger partial charge is 0.259 e. The van der Waals surface area contributed by atoms with Crippen LogP contribution in [0.15, 0.2) is 78.9 Å². The average Bonchev–Trinajstić information content (AvgIpc) is 3.29. The van der Waals surface area contributed by atoms with Gasteiger partial charge in [-0.3, -0.25) is 14.5 Å². The summed E-state index contributed by atoms with van der Waals surface area (Å²) in [5, 5.41) is 2.25. The zero-order chi connectivity index (χ0) is 22.5. The molecule has 0 aliphatic carbocycles. The summed E-state index contributed by atoms with van der Waals surface area (Å²) in [6.45, 7) is -0.797. The number of hydrogen-bond donors (Lipinski definition) is 1. The number of amides is 2. The Labute approximate surface area is 183 Å². The maximum absolute atomic E-state index is 13.6. The minimum absolute atomic E-state index is 0.0341. The molecule has 32 heavy (non-hydrogen) atoms. The highest BCUT2D eigenvalue weighted by Gasteiger charge is 2.34. The van der Waals surface area contributed by atoms with Crippen LogP contribution in [-0.4, -0.2) is 31.6 Å². The molecule has 0 fully saturated rings. The zero-order valence-electron chi connectivity index (χ0n) is 16.9. The second-order valence-corrected chi connectivity index (χ2v) is 7.03. The van der Waals surface area contributed by atoms with E-state index in [0.29, 0.717) is 28.3 Å². The van der Waals surface area contributed by atoms with Gasteiger partial charge in [0.2, 0.25) is 12.7 Å². The van der Waals surface area contributed by atoms with Gasteiger partial charge in [-0.15, -0.1) is 0 Å². The van der Waals surface area contributed by atoms with Crippen molar-refractivity contribution < 1.29 is 27.8 Å². The van der Waals surface area contributed by atoms with Crippen LogP contribution in [-0.2, 0) is 4.79 Å². The average molecular weight is 438 g/mol. The van der Waals surface area contributed by atoms with E-state index in [1.54, 1.807) is 78.9 Å². The van der Waals surface area contributed by atoms with Crippen LogP contribution >= 0.6 is 0 Å². The van der Waals surface area contributed by atoms with E-state index in [1.165, 1.54) is 4.90 Å². The number of nitrogens with one attached hydrogen (secondary N) is 1. The van der Waals surface area contributed by atoms with Gasteiger partial charge in [-0.1, -0.05) is 42.5 Å². The first-order valence-electron chi connectivity index (χ1n) is 9.93. The molecule has 0 radical (unpaired) electrons. The van der Waals surface area contributed by atoms with E-state index >= 15 is 0 Å². The molecule has 164 valence electrons. The SMILES string of the molecule is O=C(NCC(F)F)C(c1ccc2c(c1)OCO2)N(C(=O)c1ccccc1)c1ccccc1. The summed E-state index contributed by atoms with van der Waals surface area (Å²) in [6.07, 6.45) is -2.73. The Balaban J connectivity index is 1.82. The van der Waals surface area contributed by atoms with Gasteiger partial charge in [-0.25, -0.2) is 8.78 Å². The molecule has 1 atom stereocenters. The Hall–Kier alpha value is -3.94. The molecule has 0 spiro atoms. The molecule has 3 aromatic rings. The van der Waals surface area contributed by atoms with E-state index < -0.39 is 30.8 Å². The molecule has 0 aromatic heterocycles. The normalized spacial score (nSPS) is 13.0. The van der Waals surface area contributed by atoms with Crippen molar-refractivity contribution in [3.05, 3.63) is 90.0 Å². The number of nitrogens with zero attached hydrogens (tertiary/aromatic N) is 1. The van der Waals surface area contributed by atoms with Crippen molar-refractivity contribution in [1.82, 2.24) is 5.32 Å². The van der Waals surface area contributed by atoms with Gasteiger partial charge in [-0.05, 0) is 42.0 Å². The molecule has 6 nitrogen and oxygen atoms in total. The predicted octanol–water partition coefficient (Wildman–Crippen LogP) is 4.18. The summed E-state index contributed by atoms with van der Waals surface area (Å²) in [7, 11) is 0. The fourth-order valence-corrected chi connectivity index (χ4v) is 3.47. The Morgan fingerprint density at radius 1 is 0.906 bits per heavy atom. The summed E-state index contributed by atoms with van der Waals surface area (Å²) in [5.74, 6) is -0.278. The first-order chi connectivity index (χ1) is 15.5. The molecule has 1 N–H and O–H groups in total. The van der Waals surface area contributed by atoms with Gasteiger partial charge in [0.15, 0.2) is 11.5 Å². The molecule has 0 saturated carbocycles. The van der Waals surface area contributed by atoms with Gasteiger partial charge < -0.3 is 14.8 Å². The number of hydrogen-bond acceptors (Lipinski definition) is 4. The number of carbonyl (C=O) groups is 2. The molecule has 1 unspecified atom stereocenters. The van der Waals surface area contributed by atoms with E-state index in [9.17, 15) is 18.4 Å². The molecule has 1 aliphatic rings. The number of rotatable bonds is 7. The highest BCUT2D eigenvalue weighted by molar-refractivity contribution is 6.10. The second kappa shape index (κ2) is 9.47. The lowest BCUT2D eigenvalue weighted by atomic mass is 10.0. The second-order valence-electron chi connectivity index (χ2n) is 7.03. The van der Waals surface area contributed by atoms with Crippen molar-refractivity contribution in [3.63, 3.8) is 0 Å². The third kappa shape index (κ3) is 4.54. The highest BCUT2D eigenvalue weighted by atomic mass is 19.3. The Morgan fingerprint density at radius 3 is 2.25 bits per heavy atom. The minimum Gasteiger partial charge on any atom is -0.454 e. The quantitative estimate of drug-likeness (QED) is 0.601. The third-order valence-corrected chi connectivity index (χ3v) is 4.92. The minimum atomic E-state index is -2.73. The molecular formula is C24H20F2N2O4. The van der Waals surface area contributed by atoms with Gasteiger partial charge in [0.25, 0.3) is 12.3 Å². The molecular weight excluding hydrogens is 418 g/mol. The van der Waals surface area contributed by atoms with Crippen molar-refractivity contribution in [2.45, 2.75) is 12.5 Å². The van der Waals surface area contributed by atoms with E-state index in [2.05, 4.69) is 5.32 Å². The number of benzene rings is 3. The summed E-state index contributed by atoms with van der Waals surface area (Å²) in [5.41, 5.74) is 1.19. The van der Waals surface area contributed by atoms with Crippen molar-refractivity contribution >= 4 is 17.5 Å². The fourth-order valence-electron chi connectivity index (χ4n) is 3.47. The van der Waals surface area contributed by atoms with Gasteiger partial charge in [0.05, 0.1) is 6.54 Å². The number of ether oxygens (including phenoxy) is 2. The lowest BCUT2D eigenvalue weighted by Gasteiger charge is -2.31. The summed E-state index contributed by atoms with van der Waals surface area (Å²) < 4.78 is 36.5. The number of alkyl halides is 2. The lowest BCUT2D eigenvalue weighted by molar-refractivity contribution is -0.123. The van der Waals surface area contributed by atoms with E-state index in [4.69, 9.17) is 9.47 Å². The number of para-hydroxylation sites is 1.